The van der Waals surface area contributed by atoms with Crippen LogP contribution in [0.1, 0.15) is 6.92 Å². The number of likely N-dealkylation sites (N-methyl/N-ethyl adjacent to an activating group) is 1. The highest BCUT2D eigenvalue weighted by atomic mass is 16.2. The fourth-order valence-electron chi connectivity index (χ4n) is 1.53. The van der Waals surface area contributed by atoms with Crippen molar-refractivity contribution in [2.24, 2.45) is 5.73 Å². The molecular weight excluding hydrogens is 154 g/mol. The first kappa shape index (κ1) is 9.48. The molecule has 1 unspecified atom stereocenters. The van der Waals surface area contributed by atoms with E-state index in [9.17, 15) is 4.79 Å². The number of piperazine rings is 1. The van der Waals surface area contributed by atoms with Gasteiger partial charge in [0.2, 0.25) is 5.91 Å². The third-order valence-electron chi connectivity index (χ3n) is 2.42. The van der Waals surface area contributed by atoms with E-state index in [4.69, 9.17) is 5.73 Å². The molecule has 0 bridgehead atoms. The second-order valence-electron chi connectivity index (χ2n) is 3.26. The highest BCUT2D eigenvalue weighted by molar-refractivity contribution is 5.81. The average Bonchev–Trinajstić information content (AvgIpc) is 2.07. The van der Waals surface area contributed by atoms with Crippen LogP contribution in [0, 0.1) is 0 Å². The number of carbonyl (C=O) groups is 1. The number of rotatable bonds is 2. The third-order valence-corrected chi connectivity index (χ3v) is 2.42. The van der Waals surface area contributed by atoms with Gasteiger partial charge in [-0.15, -0.1) is 0 Å². The Hall–Kier alpha value is -0.610. The summed E-state index contributed by atoms with van der Waals surface area (Å²) in [6.45, 7) is 5.15. The summed E-state index contributed by atoms with van der Waals surface area (Å²) in [5.41, 5.74) is 5.44. The minimum Gasteiger partial charge on any atom is -0.343 e. The monoisotopic (exact) mass is 171 g/mol. The van der Waals surface area contributed by atoms with Gasteiger partial charge in [-0.3, -0.25) is 9.69 Å². The predicted octanol–water partition coefficient (Wildman–Crippen LogP) is -0.892. The Morgan fingerprint density at radius 1 is 1.58 bits per heavy atom. The molecule has 1 saturated heterocycles. The van der Waals surface area contributed by atoms with E-state index in [1.165, 1.54) is 0 Å². The summed E-state index contributed by atoms with van der Waals surface area (Å²) in [6, 6.07) is 0.00676. The van der Waals surface area contributed by atoms with Crippen molar-refractivity contribution in [2.75, 3.05) is 33.2 Å². The molecular formula is C8H17N3O. The number of nitrogens with two attached hydrogens (primary N) is 1. The molecule has 0 aliphatic carbocycles. The van der Waals surface area contributed by atoms with Crippen molar-refractivity contribution in [3.05, 3.63) is 0 Å². The van der Waals surface area contributed by atoms with Crippen molar-refractivity contribution in [1.29, 1.82) is 0 Å². The summed E-state index contributed by atoms with van der Waals surface area (Å²) in [6.07, 6.45) is 0. The minimum absolute atomic E-state index is 0.00676. The van der Waals surface area contributed by atoms with Crippen LogP contribution in [0.2, 0.25) is 0 Å². The van der Waals surface area contributed by atoms with Crippen LogP contribution >= 0.6 is 0 Å². The molecule has 1 aliphatic heterocycles. The van der Waals surface area contributed by atoms with Gasteiger partial charge in [-0.25, -0.2) is 0 Å². The second kappa shape index (κ2) is 3.87. The maximum absolute atomic E-state index is 11.5. The van der Waals surface area contributed by atoms with Crippen LogP contribution in [0.15, 0.2) is 0 Å². The van der Waals surface area contributed by atoms with Gasteiger partial charge in [0.25, 0.3) is 0 Å². The number of hydrogen-bond donors (Lipinski definition) is 1. The van der Waals surface area contributed by atoms with Gasteiger partial charge < -0.3 is 10.6 Å². The van der Waals surface area contributed by atoms with E-state index in [1.54, 1.807) is 4.90 Å². The lowest BCUT2D eigenvalue weighted by atomic mass is 10.2. The number of hydrogen-bond acceptors (Lipinski definition) is 3. The molecule has 1 rings (SSSR count). The Kier molecular flexibility index (Phi) is 3.05. The summed E-state index contributed by atoms with van der Waals surface area (Å²) in [5.74, 6) is 0.203. The van der Waals surface area contributed by atoms with E-state index in [1.807, 2.05) is 14.0 Å². The minimum atomic E-state index is 0.00676. The smallest absolute Gasteiger partial charge is 0.239 e. The van der Waals surface area contributed by atoms with Gasteiger partial charge >= 0.3 is 0 Å². The van der Waals surface area contributed by atoms with E-state index in [-0.39, 0.29) is 11.9 Å². The zero-order valence-corrected chi connectivity index (χ0v) is 7.79. The second-order valence-corrected chi connectivity index (χ2v) is 3.26. The summed E-state index contributed by atoms with van der Waals surface area (Å²) < 4.78 is 0. The molecule has 4 nitrogen and oxygen atoms in total. The van der Waals surface area contributed by atoms with Crippen LogP contribution in [-0.4, -0.2) is 55.0 Å². The maximum atomic E-state index is 11.5. The quantitative estimate of drug-likeness (QED) is 0.586. The van der Waals surface area contributed by atoms with Crippen LogP contribution in [-0.2, 0) is 4.79 Å². The van der Waals surface area contributed by atoms with Crippen molar-refractivity contribution in [1.82, 2.24) is 9.80 Å². The molecule has 1 fully saturated rings. The standard InChI is InChI=1S/C8H17N3O/c1-7-8(12)10(2)5-6-11(7)4-3-9/h7H,3-6,9H2,1-2H3. The fraction of sp³-hybridized carbons (Fsp3) is 0.875. The van der Waals surface area contributed by atoms with E-state index < -0.39 is 0 Å². The Balaban J connectivity index is 2.52. The lowest BCUT2D eigenvalue weighted by Crippen LogP contribution is -2.55. The highest BCUT2D eigenvalue weighted by Gasteiger charge is 2.28. The van der Waals surface area contributed by atoms with Crippen molar-refractivity contribution < 1.29 is 4.79 Å². The molecule has 70 valence electrons. The van der Waals surface area contributed by atoms with Gasteiger partial charge in [-0.1, -0.05) is 0 Å². The zero-order chi connectivity index (χ0) is 9.14. The average molecular weight is 171 g/mol. The Bertz CT molecular complexity index is 172. The van der Waals surface area contributed by atoms with Crippen LogP contribution < -0.4 is 5.73 Å². The van der Waals surface area contributed by atoms with Crippen molar-refractivity contribution in [3.63, 3.8) is 0 Å². The maximum Gasteiger partial charge on any atom is 0.239 e. The number of amides is 1. The summed E-state index contributed by atoms with van der Waals surface area (Å²) >= 11 is 0. The third kappa shape index (κ3) is 1.76. The molecule has 0 radical (unpaired) electrons. The Labute approximate surface area is 73.3 Å². The molecule has 1 atom stereocenters. The van der Waals surface area contributed by atoms with Crippen LogP contribution in [0.25, 0.3) is 0 Å². The van der Waals surface area contributed by atoms with Gasteiger partial charge in [0.15, 0.2) is 0 Å². The zero-order valence-electron chi connectivity index (χ0n) is 7.79. The van der Waals surface area contributed by atoms with Gasteiger partial charge in [0.05, 0.1) is 6.04 Å². The van der Waals surface area contributed by atoms with Crippen LogP contribution in [0.5, 0.6) is 0 Å². The molecule has 0 aromatic carbocycles. The Morgan fingerprint density at radius 3 is 2.83 bits per heavy atom. The first-order valence-corrected chi connectivity index (χ1v) is 4.36. The molecule has 0 saturated carbocycles. The first-order chi connectivity index (χ1) is 5.66. The van der Waals surface area contributed by atoms with E-state index in [0.29, 0.717) is 6.54 Å². The SMILES string of the molecule is CC1C(=O)N(C)CCN1CCN. The molecule has 2 N–H and O–H groups in total. The number of carbonyl (C=O) groups excluding carboxylic acids is 1. The lowest BCUT2D eigenvalue weighted by Gasteiger charge is -2.37. The predicted molar refractivity (Wildman–Crippen MR) is 47.7 cm³/mol. The Morgan fingerprint density at radius 2 is 2.25 bits per heavy atom. The molecule has 0 aromatic heterocycles. The molecule has 1 aliphatic rings. The van der Waals surface area contributed by atoms with Crippen molar-refractivity contribution in [3.8, 4) is 0 Å². The number of nitrogens with zero attached hydrogens (tertiary/aromatic N) is 2. The van der Waals surface area contributed by atoms with E-state index >= 15 is 0 Å². The summed E-state index contributed by atoms with van der Waals surface area (Å²) in [7, 11) is 1.85. The topological polar surface area (TPSA) is 49.6 Å². The first-order valence-electron chi connectivity index (χ1n) is 4.36. The summed E-state index contributed by atoms with van der Waals surface area (Å²) in [5, 5.41) is 0. The molecule has 4 heteroatoms. The van der Waals surface area contributed by atoms with Gasteiger partial charge in [0.1, 0.15) is 0 Å². The molecule has 1 amide bonds. The molecule has 1 heterocycles. The normalized spacial score (nSPS) is 26.4. The summed E-state index contributed by atoms with van der Waals surface area (Å²) in [4.78, 5) is 15.4. The van der Waals surface area contributed by atoms with Crippen LogP contribution in [0.3, 0.4) is 0 Å². The molecule has 12 heavy (non-hydrogen) atoms. The molecule has 0 aromatic rings. The highest BCUT2D eigenvalue weighted by Crippen LogP contribution is 2.07. The van der Waals surface area contributed by atoms with Crippen molar-refractivity contribution in [2.45, 2.75) is 13.0 Å². The fourth-order valence-corrected chi connectivity index (χ4v) is 1.53. The lowest BCUT2D eigenvalue weighted by molar-refractivity contribution is -0.139. The molecule has 0 spiro atoms. The van der Waals surface area contributed by atoms with Crippen LogP contribution in [0.4, 0.5) is 0 Å². The van der Waals surface area contributed by atoms with Crippen molar-refractivity contribution >= 4 is 5.91 Å². The van der Waals surface area contributed by atoms with Gasteiger partial charge in [0, 0.05) is 33.2 Å². The van der Waals surface area contributed by atoms with E-state index in [2.05, 4.69) is 4.90 Å². The van der Waals surface area contributed by atoms with Gasteiger partial charge in [-0.05, 0) is 6.92 Å². The largest absolute Gasteiger partial charge is 0.343 e. The van der Waals surface area contributed by atoms with E-state index in [0.717, 1.165) is 19.6 Å². The van der Waals surface area contributed by atoms with Gasteiger partial charge in [-0.2, -0.15) is 0 Å².